The molecule has 0 aromatic carbocycles. The van der Waals surface area contributed by atoms with Crippen LogP contribution in [0.4, 0.5) is 0 Å². The summed E-state index contributed by atoms with van der Waals surface area (Å²) in [5.41, 5.74) is 0.553. The molecule has 102 valence electrons. The first-order valence-corrected chi connectivity index (χ1v) is 8.12. The van der Waals surface area contributed by atoms with Gasteiger partial charge in [-0.2, -0.15) is 4.72 Å². The van der Waals surface area contributed by atoms with Gasteiger partial charge in [-0.3, -0.25) is 4.79 Å². The van der Waals surface area contributed by atoms with E-state index in [9.17, 15) is 13.2 Å². The standard InChI is InChI=1S/C9H13BrN2O4S2/c1-4(2)6(8(13)14)12-18(15,16)9-11-5(3)7(10)17-9/h4,6,12H,1-3H3,(H,13,14). The summed E-state index contributed by atoms with van der Waals surface area (Å²) in [4.78, 5) is 14.9. The summed E-state index contributed by atoms with van der Waals surface area (Å²) in [6.45, 7) is 4.92. The summed E-state index contributed by atoms with van der Waals surface area (Å²) in [5, 5.41) is 8.96. The van der Waals surface area contributed by atoms with Gasteiger partial charge in [0.15, 0.2) is 0 Å². The van der Waals surface area contributed by atoms with Gasteiger partial charge >= 0.3 is 5.97 Å². The van der Waals surface area contributed by atoms with Gasteiger partial charge in [0.25, 0.3) is 10.0 Å². The van der Waals surface area contributed by atoms with E-state index < -0.39 is 22.0 Å². The topological polar surface area (TPSA) is 96.4 Å². The van der Waals surface area contributed by atoms with Crippen LogP contribution in [0.15, 0.2) is 8.13 Å². The van der Waals surface area contributed by atoms with E-state index in [1.165, 1.54) is 0 Å². The highest BCUT2D eigenvalue weighted by Crippen LogP contribution is 2.27. The van der Waals surface area contributed by atoms with Crippen LogP contribution < -0.4 is 4.72 Å². The van der Waals surface area contributed by atoms with E-state index in [0.29, 0.717) is 9.48 Å². The lowest BCUT2D eigenvalue weighted by molar-refractivity contribution is -0.140. The van der Waals surface area contributed by atoms with Gasteiger partial charge in [0.05, 0.1) is 9.48 Å². The highest BCUT2D eigenvalue weighted by atomic mass is 79.9. The number of nitrogens with zero attached hydrogens (tertiary/aromatic N) is 1. The lowest BCUT2D eigenvalue weighted by Crippen LogP contribution is -2.44. The molecule has 0 aliphatic rings. The molecule has 2 N–H and O–H groups in total. The van der Waals surface area contributed by atoms with E-state index in [4.69, 9.17) is 5.11 Å². The molecule has 0 aliphatic carbocycles. The zero-order valence-electron chi connectivity index (χ0n) is 9.97. The van der Waals surface area contributed by atoms with Crippen molar-refractivity contribution < 1.29 is 18.3 Å². The number of aliphatic carboxylic acids is 1. The van der Waals surface area contributed by atoms with Crippen molar-refractivity contribution in [3.8, 4) is 0 Å². The van der Waals surface area contributed by atoms with Crippen LogP contribution in [0.3, 0.4) is 0 Å². The lowest BCUT2D eigenvalue weighted by Gasteiger charge is -2.16. The van der Waals surface area contributed by atoms with Crippen LogP contribution in [0.2, 0.25) is 0 Å². The highest BCUT2D eigenvalue weighted by Gasteiger charge is 2.30. The molecule has 0 bridgehead atoms. The lowest BCUT2D eigenvalue weighted by atomic mass is 10.1. The second kappa shape index (κ2) is 5.64. The number of hydrogen-bond acceptors (Lipinski definition) is 5. The number of hydrogen-bond donors (Lipinski definition) is 2. The Kier molecular flexibility index (Phi) is 4.87. The monoisotopic (exact) mass is 356 g/mol. The summed E-state index contributed by atoms with van der Waals surface area (Å²) < 4.78 is 26.6. The Morgan fingerprint density at radius 3 is 2.39 bits per heavy atom. The van der Waals surface area contributed by atoms with Crippen molar-refractivity contribution in [3.63, 3.8) is 0 Å². The van der Waals surface area contributed by atoms with Crippen molar-refractivity contribution >= 4 is 43.3 Å². The number of aryl methyl sites for hydroxylation is 1. The first kappa shape index (κ1) is 15.5. The second-order valence-electron chi connectivity index (χ2n) is 4.02. The van der Waals surface area contributed by atoms with Crippen molar-refractivity contribution in [1.29, 1.82) is 0 Å². The second-order valence-corrected chi connectivity index (χ2v) is 8.22. The quantitative estimate of drug-likeness (QED) is 0.835. The van der Waals surface area contributed by atoms with Gasteiger partial charge < -0.3 is 5.11 Å². The van der Waals surface area contributed by atoms with Crippen LogP contribution in [0.1, 0.15) is 19.5 Å². The van der Waals surface area contributed by atoms with E-state index in [1.54, 1.807) is 20.8 Å². The first-order valence-electron chi connectivity index (χ1n) is 5.03. The highest BCUT2D eigenvalue weighted by molar-refractivity contribution is 9.11. The van der Waals surface area contributed by atoms with E-state index >= 15 is 0 Å². The zero-order valence-corrected chi connectivity index (χ0v) is 13.2. The predicted molar refractivity (Wildman–Crippen MR) is 71.1 cm³/mol. The fourth-order valence-electron chi connectivity index (χ4n) is 1.16. The van der Waals surface area contributed by atoms with E-state index in [0.717, 1.165) is 11.3 Å². The largest absolute Gasteiger partial charge is 0.480 e. The molecule has 0 fully saturated rings. The van der Waals surface area contributed by atoms with Crippen molar-refractivity contribution in [3.05, 3.63) is 9.48 Å². The number of halogens is 1. The average molecular weight is 357 g/mol. The van der Waals surface area contributed by atoms with Gasteiger partial charge in [0, 0.05) is 0 Å². The van der Waals surface area contributed by atoms with Crippen molar-refractivity contribution in [1.82, 2.24) is 9.71 Å². The summed E-state index contributed by atoms with van der Waals surface area (Å²) in [6.07, 6.45) is 0. The molecule has 0 amide bonds. The predicted octanol–water partition coefficient (Wildman–Crippen LogP) is 1.60. The Hall–Kier alpha value is -0.510. The molecule has 6 nitrogen and oxygen atoms in total. The molecule has 0 radical (unpaired) electrons. The number of carboxylic acids is 1. The van der Waals surface area contributed by atoms with Crippen LogP contribution in [0, 0.1) is 12.8 Å². The minimum absolute atomic E-state index is 0.140. The van der Waals surface area contributed by atoms with E-state index in [2.05, 4.69) is 25.6 Å². The van der Waals surface area contributed by atoms with Gasteiger partial charge in [-0.1, -0.05) is 25.2 Å². The smallest absolute Gasteiger partial charge is 0.322 e. The molecular weight excluding hydrogens is 344 g/mol. The van der Waals surface area contributed by atoms with Gasteiger partial charge in [0.2, 0.25) is 4.34 Å². The molecule has 1 unspecified atom stereocenters. The maximum Gasteiger partial charge on any atom is 0.322 e. The molecular formula is C9H13BrN2O4S2. The van der Waals surface area contributed by atoms with E-state index in [-0.39, 0.29) is 10.3 Å². The molecule has 0 spiro atoms. The zero-order chi connectivity index (χ0) is 14.1. The van der Waals surface area contributed by atoms with Crippen LogP contribution in [0.25, 0.3) is 0 Å². The van der Waals surface area contributed by atoms with Gasteiger partial charge in [-0.05, 0) is 28.8 Å². The Morgan fingerprint density at radius 2 is 2.06 bits per heavy atom. The van der Waals surface area contributed by atoms with Gasteiger partial charge in [0.1, 0.15) is 6.04 Å². The average Bonchev–Trinajstić information content (AvgIpc) is 2.56. The fourth-order valence-corrected chi connectivity index (χ4v) is 4.46. The van der Waals surface area contributed by atoms with E-state index in [1.807, 2.05) is 0 Å². The Morgan fingerprint density at radius 1 is 1.50 bits per heavy atom. The molecule has 1 aromatic heterocycles. The van der Waals surface area contributed by atoms with Crippen molar-refractivity contribution in [2.75, 3.05) is 0 Å². The number of sulfonamides is 1. The molecule has 1 rings (SSSR count). The molecule has 0 saturated carbocycles. The fraction of sp³-hybridized carbons (Fsp3) is 0.556. The third-order valence-corrected chi connectivity index (χ3v) is 5.99. The van der Waals surface area contributed by atoms with Crippen LogP contribution in [-0.2, 0) is 14.8 Å². The number of nitrogens with one attached hydrogen (secondary N) is 1. The van der Waals surface area contributed by atoms with Gasteiger partial charge in [-0.25, -0.2) is 13.4 Å². The SMILES string of the molecule is Cc1nc(S(=O)(=O)NC(C(=O)O)C(C)C)sc1Br. The number of rotatable bonds is 5. The Bertz CT molecular complexity index is 533. The maximum absolute atomic E-state index is 12.0. The van der Waals surface area contributed by atoms with Crippen molar-refractivity contribution in [2.24, 2.45) is 5.92 Å². The van der Waals surface area contributed by atoms with Crippen LogP contribution in [0.5, 0.6) is 0 Å². The number of carboxylic acid groups (broad SMARTS) is 1. The minimum atomic E-state index is -3.90. The van der Waals surface area contributed by atoms with Gasteiger partial charge in [-0.15, -0.1) is 0 Å². The first-order chi connectivity index (χ1) is 8.15. The number of thiazole rings is 1. The molecule has 0 aliphatic heterocycles. The molecule has 0 saturated heterocycles. The third kappa shape index (κ3) is 3.50. The summed E-state index contributed by atoms with van der Waals surface area (Å²) in [5.74, 6) is -1.57. The summed E-state index contributed by atoms with van der Waals surface area (Å²) in [7, 11) is -3.90. The molecule has 1 aromatic rings. The third-order valence-electron chi connectivity index (χ3n) is 2.17. The number of carbonyl (C=O) groups is 1. The number of aromatic nitrogens is 1. The van der Waals surface area contributed by atoms with Crippen LogP contribution >= 0.6 is 27.3 Å². The molecule has 9 heteroatoms. The molecule has 18 heavy (non-hydrogen) atoms. The van der Waals surface area contributed by atoms with Crippen LogP contribution in [-0.4, -0.2) is 30.5 Å². The molecule has 1 atom stereocenters. The molecule has 1 heterocycles. The normalized spacial score (nSPS) is 13.8. The summed E-state index contributed by atoms with van der Waals surface area (Å²) in [6, 6.07) is -1.17. The Labute approximate surface area is 118 Å². The Balaban J connectivity index is 3.04. The maximum atomic E-state index is 12.0. The summed E-state index contributed by atoms with van der Waals surface area (Å²) >= 11 is 4.13. The van der Waals surface area contributed by atoms with Crippen molar-refractivity contribution in [2.45, 2.75) is 31.2 Å². The minimum Gasteiger partial charge on any atom is -0.480 e.